The van der Waals surface area contributed by atoms with E-state index in [4.69, 9.17) is 14.3 Å². The Morgan fingerprint density at radius 3 is 2.86 bits per heavy atom. The lowest BCUT2D eigenvalue weighted by Gasteiger charge is -2.04. The molecule has 0 aliphatic rings. The summed E-state index contributed by atoms with van der Waals surface area (Å²) in [6.07, 6.45) is 0. The van der Waals surface area contributed by atoms with Crippen LogP contribution in [0.4, 0.5) is 4.39 Å². The Morgan fingerprint density at radius 2 is 2.10 bits per heavy atom. The molecule has 2 N–H and O–H groups in total. The summed E-state index contributed by atoms with van der Waals surface area (Å²) in [5, 5.41) is 11.8. The van der Waals surface area contributed by atoms with Crippen LogP contribution in [0.5, 0.6) is 0 Å². The molecule has 0 spiro atoms. The molecule has 114 valence electrons. The largest absolute Gasteiger partial charge is 0.460 e. The molecule has 1 aromatic heterocycles. The number of ether oxygens (including phenoxy) is 1. The molecule has 1 aromatic carbocycles. The average Bonchev–Trinajstić information content (AvgIpc) is 2.91. The van der Waals surface area contributed by atoms with Crippen LogP contribution in [0, 0.1) is 12.7 Å². The molecular formula is C16H20FNO3. The van der Waals surface area contributed by atoms with E-state index in [1.54, 1.807) is 6.07 Å². The Hall–Kier alpha value is -1.69. The smallest absolute Gasteiger partial charge is 0.134 e. The third kappa shape index (κ3) is 4.67. The van der Waals surface area contributed by atoms with Crippen LogP contribution in [0.25, 0.3) is 11.3 Å². The van der Waals surface area contributed by atoms with E-state index in [2.05, 4.69) is 5.32 Å². The quantitative estimate of drug-likeness (QED) is 0.734. The van der Waals surface area contributed by atoms with E-state index in [-0.39, 0.29) is 12.4 Å². The van der Waals surface area contributed by atoms with Crippen molar-refractivity contribution in [3.63, 3.8) is 0 Å². The molecule has 21 heavy (non-hydrogen) atoms. The Balaban J connectivity index is 1.86. The van der Waals surface area contributed by atoms with Crippen LogP contribution >= 0.6 is 0 Å². The third-order valence-electron chi connectivity index (χ3n) is 3.07. The maximum atomic E-state index is 13.1. The number of halogens is 1. The Kier molecular flexibility index (Phi) is 5.92. The lowest BCUT2D eigenvalue weighted by molar-refractivity contribution is 0.0936. The topological polar surface area (TPSA) is 54.6 Å². The van der Waals surface area contributed by atoms with Crippen molar-refractivity contribution >= 4 is 0 Å². The maximum Gasteiger partial charge on any atom is 0.134 e. The van der Waals surface area contributed by atoms with Crippen LogP contribution in [0.1, 0.15) is 11.3 Å². The van der Waals surface area contributed by atoms with Crippen LogP contribution in [-0.2, 0) is 11.3 Å². The molecule has 2 rings (SSSR count). The molecule has 0 unspecified atom stereocenters. The number of hydrogen-bond acceptors (Lipinski definition) is 4. The minimum Gasteiger partial charge on any atom is -0.460 e. The highest BCUT2D eigenvalue weighted by Gasteiger charge is 2.08. The zero-order valence-electron chi connectivity index (χ0n) is 12.1. The van der Waals surface area contributed by atoms with Crippen molar-refractivity contribution in [1.29, 1.82) is 0 Å². The van der Waals surface area contributed by atoms with E-state index < -0.39 is 0 Å². The second kappa shape index (κ2) is 7.93. The summed E-state index contributed by atoms with van der Waals surface area (Å²) in [5.41, 5.74) is 1.75. The van der Waals surface area contributed by atoms with E-state index in [0.29, 0.717) is 26.3 Å². The number of hydrogen-bond donors (Lipinski definition) is 2. The molecule has 4 nitrogen and oxygen atoms in total. The summed E-state index contributed by atoms with van der Waals surface area (Å²) >= 11 is 0. The second-order valence-corrected chi connectivity index (χ2v) is 4.74. The highest BCUT2D eigenvalue weighted by atomic mass is 19.1. The second-order valence-electron chi connectivity index (χ2n) is 4.74. The molecule has 5 heteroatoms. The third-order valence-corrected chi connectivity index (χ3v) is 3.07. The molecule has 0 radical (unpaired) electrons. The number of aliphatic hydroxyl groups excluding tert-OH is 1. The van der Waals surface area contributed by atoms with Gasteiger partial charge in [0, 0.05) is 12.1 Å². The van der Waals surface area contributed by atoms with Gasteiger partial charge in [-0.1, -0.05) is 0 Å². The van der Waals surface area contributed by atoms with Gasteiger partial charge in [-0.2, -0.15) is 0 Å². The Bertz CT molecular complexity index is 568. The van der Waals surface area contributed by atoms with Crippen molar-refractivity contribution in [3.8, 4) is 11.3 Å². The molecule has 0 bridgehead atoms. The zero-order valence-corrected chi connectivity index (χ0v) is 12.1. The molecule has 0 aliphatic heterocycles. The predicted molar refractivity (Wildman–Crippen MR) is 78.5 cm³/mol. The van der Waals surface area contributed by atoms with Gasteiger partial charge in [0.15, 0.2) is 0 Å². The summed E-state index contributed by atoms with van der Waals surface area (Å²) in [6.45, 7) is 4.09. The minimum absolute atomic E-state index is 0.0402. The van der Waals surface area contributed by atoms with E-state index in [1.807, 2.05) is 19.1 Å². The SMILES string of the molecule is Cc1cc(F)ccc1-c1ccc(CNCCOCCO)o1. The fourth-order valence-corrected chi connectivity index (χ4v) is 2.04. The number of rotatable bonds is 8. The van der Waals surface area contributed by atoms with Gasteiger partial charge in [0.1, 0.15) is 17.3 Å². The van der Waals surface area contributed by atoms with Crippen LogP contribution in [0.2, 0.25) is 0 Å². The summed E-state index contributed by atoms with van der Waals surface area (Å²) in [5.74, 6) is 1.31. The number of furan rings is 1. The number of nitrogens with one attached hydrogen (secondary N) is 1. The first-order valence-electron chi connectivity index (χ1n) is 6.95. The van der Waals surface area contributed by atoms with Gasteiger partial charge in [0.2, 0.25) is 0 Å². The molecule has 0 saturated carbocycles. The standard InChI is InChI=1S/C16H20FNO3/c1-12-10-13(17)2-4-15(12)16-5-3-14(21-16)11-18-6-8-20-9-7-19/h2-5,10,18-19H,6-9,11H2,1H3. The number of aliphatic hydroxyl groups is 1. The van der Waals surface area contributed by atoms with E-state index >= 15 is 0 Å². The van der Waals surface area contributed by atoms with E-state index in [1.165, 1.54) is 12.1 Å². The first-order valence-corrected chi connectivity index (χ1v) is 6.95. The molecule has 0 atom stereocenters. The maximum absolute atomic E-state index is 13.1. The molecule has 0 saturated heterocycles. The van der Waals surface area contributed by atoms with Gasteiger partial charge >= 0.3 is 0 Å². The first kappa shape index (κ1) is 15.7. The molecule has 0 amide bonds. The molecule has 0 fully saturated rings. The van der Waals surface area contributed by atoms with Crippen LogP contribution < -0.4 is 5.32 Å². The fourth-order valence-electron chi connectivity index (χ4n) is 2.04. The molecule has 2 aromatic rings. The van der Waals surface area contributed by atoms with Gasteiger partial charge in [-0.05, 0) is 42.8 Å². The summed E-state index contributed by atoms with van der Waals surface area (Å²) < 4.78 is 24.0. The van der Waals surface area contributed by atoms with Crippen molar-refractivity contribution < 1.29 is 18.7 Å². The fraction of sp³-hybridized carbons (Fsp3) is 0.375. The van der Waals surface area contributed by atoms with Gasteiger partial charge in [0.05, 0.1) is 26.4 Å². The van der Waals surface area contributed by atoms with Crippen LogP contribution in [-0.4, -0.2) is 31.5 Å². The molecule has 1 heterocycles. The summed E-state index contributed by atoms with van der Waals surface area (Å²) in [4.78, 5) is 0. The van der Waals surface area contributed by atoms with Crippen molar-refractivity contribution in [2.24, 2.45) is 0 Å². The van der Waals surface area contributed by atoms with Crippen LogP contribution in [0.15, 0.2) is 34.7 Å². The van der Waals surface area contributed by atoms with Crippen molar-refractivity contribution in [2.45, 2.75) is 13.5 Å². The minimum atomic E-state index is -0.243. The van der Waals surface area contributed by atoms with Crippen molar-refractivity contribution in [2.75, 3.05) is 26.4 Å². The summed E-state index contributed by atoms with van der Waals surface area (Å²) in [6, 6.07) is 8.44. The summed E-state index contributed by atoms with van der Waals surface area (Å²) in [7, 11) is 0. The van der Waals surface area contributed by atoms with Gasteiger partial charge in [-0.3, -0.25) is 0 Å². The van der Waals surface area contributed by atoms with E-state index in [9.17, 15) is 4.39 Å². The number of aryl methyl sites for hydroxylation is 1. The lowest BCUT2D eigenvalue weighted by Crippen LogP contribution is -2.19. The first-order chi connectivity index (χ1) is 10.2. The monoisotopic (exact) mass is 293 g/mol. The van der Waals surface area contributed by atoms with Crippen molar-refractivity contribution in [1.82, 2.24) is 5.32 Å². The molecular weight excluding hydrogens is 273 g/mol. The average molecular weight is 293 g/mol. The molecule has 0 aliphatic carbocycles. The van der Waals surface area contributed by atoms with E-state index in [0.717, 1.165) is 22.6 Å². The predicted octanol–water partition coefficient (Wildman–Crippen LogP) is 2.49. The van der Waals surface area contributed by atoms with Gasteiger partial charge in [-0.15, -0.1) is 0 Å². The van der Waals surface area contributed by atoms with Gasteiger partial charge < -0.3 is 19.6 Å². The Labute approximate surface area is 123 Å². The van der Waals surface area contributed by atoms with Crippen LogP contribution in [0.3, 0.4) is 0 Å². The zero-order chi connectivity index (χ0) is 15.1. The Morgan fingerprint density at radius 1 is 1.24 bits per heavy atom. The highest BCUT2D eigenvalue weighted by Crippen LogP contribution is 2.26. The van der Waals surface area contributed by atoms with Crippen molar-refractivity contribution in [3.05, 3.63) is 47.5 Å². The lowest BCUT2D eigenvalue weighted by atomic mass is 10.1. The van der Waals surface area contributed by atoms with Gasteiger partial charge in [0.25, 0.3) is 0 Å². The normalized spacial score (nSPS) is 11.0. The highest BCUT2D eigenvalue weighted by molar-refractivity contribution is 5.61. The number of benzene rings is 1. The van der Waals surface area contributed by atoms with Gasteiger partial charge in [-0.25, -0.2) is 4.39 Å².